The van der Waals surface area contributed by atoms with E-state index in [9.17, 15) is 0 Å². The van der Waals surface area contributed by atoms with E-state index in [1.165, 1.54) is 0 Å². The number of aliphatic imine (C=N–C) groups is 1. The van der Waals surface area contributed by atoms with Gasteiger partial charge in [0.25, 0.3) is 0 Å². The second kappa shape index (κ2) is 2.88. The highest BCUT2D eigenvalue weighted by atomic mass is 15.3. The summed E-state index contributed by atoms with van der Waals surface area (Å²) < 4.78 is 0. The van der Waals surface area contributed by atoms with Crippen molar-refractivity contribution in [3.05, 3.63) is 0 Å². The summed E-state index contributed by atoms with van der Waals surface area (Å²) in [6.07, 6.45) is 0. The van der Waals surface area contributed by atoms with Gasteiger partial charge in [-0.3, -0.25) is 4.99 Å². The minimum absolute atomic E-state index is 0.508. The van der Waals surface area contributed by atoms with Crippen molar-refractivity contribution in [2.24, 2.45) is 10.7 Å². The third-order valence-electron chi connectivity index (χ3n) is 1.66. The first-order valence-electron chi connectivity index (χ1n) is 3.39. The number of hydrogen-bond donors (Lipinski definition) is 2. The van der Waals surface area contributed by atoms with Crippen LogP contribution in [0.25, 0.3) is 0 Å². The molecule has 0 atom stereocenters. The molecule has 1 aliphatic heterocycles. The van der Waals surface area contributed by atoms with E-state index in [1.807, 2.05) is 0 Å². The lowest BCUT2D eigenvalue weighted by Crippen LogP contribution is -2.58. The Morgan fingerprint density at radius 1 is 1.70 bits per heavy atom. The van der Waals surface area contributed by atoms with Crippen LogP contribution in [0, 0.1) is 0 Å². The Kier molecular flexibility index (Phi) is 2.11. The Bertz CT molecular complexity index is 137. The van der Waals surface area contributed by atoms with E-state index >= 15 is 0 Å². The van der Waals surface area contributed by atoms with Gasteiger partial charge in [-0.15, -0.1) is 0 Å². The van der Waals surface area contributed by atoms with E-state index in [-0.39, 0.29) is 0 Å². The van der Waals surface area contributed by atoms with Gasteiger partial charge >= 0.3 is 0 Å². The summed E-state index contributed by atoms with van der Waals surface area (Å²) in [6.45, 7) is 2.13. The summed E-state index contributed by atoms with van der Waals surface area (Å²) in [4.78, 5) is 6.02. The fraction of sp³-hybridized carbons (Fsp3) is 0.833. The second-order valence-electron chi connectivity index (χ2n) is 2.67. The number of nitrogens with one attached hydrogen (secondary N) is 1. The molecular formula is C6H14N4. The molecule has 4 nitrogen and oxygen atoms in total. The Hall–Kier alpha value is -0.770. The molecule has 0 saturated carbocycles. The molecule has 0 spiro atoms. The molecule has 1 saturated heterocycles. The molecule has 0 aromatic heterocycles. The van der Waals surface area contributed by atoms with Crippen LogP contribution < -0.4 is 11.1 Å². The second-order valence-corrected chi connectivity index (χ2v) is 2.67. The number of nitrogens with two attached hydrogens (primary N) is 1. The van der Waals surface area contributed by atoms with Gasteiger partial charge in [0.05, 0.1) is 6.04 Å². The average molecular weight is 142 g/mol. The number of likely N-dealkylation sites (tertiary alicyclic amines) is 1. The maximum Gasteiger partial charge on any atom is 0.188 e. The van der Waals surface area contributed by atoms with Crippen LogP contribution >= 0.6 is 0 Å². The molecule has 0 aliphatic carbocycles. The Labute approximate surface area is 61.1 Å². The zero-order valence-electron chi connectivity index (χ0n) is 6.46. The lowest BCUT2D eigenvalue weighted by atomic mass is 10.1. The highest BCUT2D eigenvalue weighted by molar-refractivity contribution is 5.78. The molecule has 1 fully saturated rings. The van der Waals surface area contributed by atoms with Crippen molar-refractivity contribution < 1.29 is 0 Å². The number of hydrogen-bond acceptors (Lipinski definition) is 2. The third kappa shape index (κ3) is 1.60. The highest BCUT2D eigenvalue weighted by Crippen LogP contribution is 2.01. The Balaban J connectivity index is 2.16. The number of likely N-dealkylation sites (N-methyl/N-ethyl adjacent to an activating group) is 1. The predicted molar refractivity (Wildman–Crippen MR) is 42.0 cm³/mol. The van der Waals surface area contributed by atoms with Gasteiger partial charge in [-0.05, 0) is 7.05 Å². The maximum atomic E-state index is 5.45. The summed E-state index contributed by atoms with van der Waals surface area (Å²) in [5.74, 6) is 0.540. The van der Waals surface area contributed by atoms with Crippen molar-refractivity contribution in [2.75, 3.05) is 27.2 Å². The van der Waals surface area contributed by atoms with Gasteiger partial charge in [0.15, 0.2) is 5.96 Å². The van der Waals surface area contributed by atoms with E-state index in [2.05, 4.69) is 22.3 Å². The molecule has 1 heterocycles. The molecule has 10 heavy (non-hydrogen) atoms. The molecule has 0 aromatic carbocycles. The monoisotopic (exact) mass is 142 g/mol. The van der Waals surface area contributed by atoms with Gasteiger partial charge in [0.2, 0.25) is 0 Å². The molecule has 0 aromatic rings. The standard InChI is InChI=1S/C6H14N4/c1-8-6(7)9-5-3-10(2)4-5/h5H,3-4H2,1-2H3,(H3,7,8,9). The first-order valence-corrected chi connectivity index (χ1v) is 3.39. The maximum absolute atomic E-state index is 5.45. The topological polar surface area (TPSA) is 53.6 Å². The molecule has 58 valence electrons. The van der Waals surface area contributed by atoms with E-state index in [1.54, 1.807) is 7.05 Å². The molecule has 4 heteroatoms. The molecule has 3 N–H and O–H groups in total. The molecule has 1 aliphatic rings. The molecular weight excluding hydrogens is 128 g/mol. The number of nitrogens with zero attached hydrogens (tertiary/aromatic N) is 2. The lowest BCUT2D eigenvalue weighted by Gasteiger charge is -2.36. The number of guanidine groups is 1. The van der Waals surface area contributed by atoms with Crippen molar-refractivity contribution in [1.82, 2.24) is 10.2 Å². The third-order valence-corrected chi connectivity index (χ3v) is 1.66. The minimum atomic E-state index is 0.508. The SMILES string of the molecule is CN=C(N)NC1CN(C)C1. The van der Waals surface area contributed by atoms with Gasteiger partial charge in [-0.1, -0.05) is 0 Å². The molecule has 0 radical (unpaired) electrons. The van der Waals surface area contributed by atoms with Crippen LogP contribution in [0.3, 0.4) is 0 Å². The van der Waals surface area contributed by atoms with Crippen LogP contribution in [0.2, 0.25) is 0 Å². The zero-order valence-corrected chi connectivity index (χ0v) is 6.46. The van der Waals surface area contributed by atoms with Crippen molar-refractivity contribution in [1.29, 1.82) is 0 Å². The summed E-state index contributed by atoms with van der Waals surface area (Å²) >= 11 is 0. The smallest absolute Gasteiger partial charge is 0.188 e. The number of rotatable bonds is 1. The van der Waals surface area contributed by atoms with Crippen LogP contribution in [0.5, 0.6) is 0 Å². The Morgan fingerprint density at radius 3 is 2.70 bits per heavy atom. The summed E-state index contributed by atoms with van der Waals surface area (Å²) in [5, 5.41) is 3.08. The summed E-state index contributed by atoms with van der Waals surface area (Å²) in [7, 11) is 3.77. The van der Waals surface area contributed by atoms with E-state index in [4.69, 9.17) is 5.73 Å². The van der Waals surface area contributed by atoms with Crippen LogP contribution in [-0.2, 0) is 0 Å². The fourth-order valence-electron chi connectivity index (χ4n) is 1.06. The normalized spacial score (nSPS) is 22.4. The molecule has 1 rings (SSSR count). The average Bonchev–Trinajstić information content (AvgIpc) is 1.84. The van der Waals surface area contributed by atoms with Crippen LogP contribution in [0.15, 0.2) is 4.99 Å². The van der Waals surface area contributed by atoms with Gasteiger partial charge in [-0.2, -0.15) is 0 Å². The van der Waals surface area contributed by atoms with E-state index in [0.717, 1.165) is 13.1 Å². The summed E-state index contributed by atoms with van der Waals surface area (Å²) in [5.41, 5.74) is 5.45. The first kappa shape index (κ1) is 7.34. The fourth-order valence-corrected chi connectivity index (χ4v) is 1.06. The molecule has 0 amide bonds. The lowest BCUT2D eigenvalue weighted by molar-refractivity contribution is 0.177. The van der Waals surface area contributed by atoms with Gasteiger partial charge < -0.3 is 16.0 Å². The van der Waals surface area contributed by atoms with Crippen LogP contribution in [-0.4, -0.2) is 44.1 Å². The van der Waals surface area contributed by atoms with Crippen LogP contribution in [0.4, 0.5) is 0 Å². The van der Waals surface area contributed by atoms with Gasteiger partial charge in [0, 0.05) is 20.1 Å². The highest BCUT2D eigenvalue weighted by Gasteiger charge is 2.22. The molecule has 0 bridgehead atoms. The van der Waals surface area contributed by atoms with Crippen molar-refractivity contribution in [2.45, 2.75) is 6.04 Å². The van der Waals surface area contributed by atoms with E-state index in [0.29, 0.717) is 12.0 Å². The van der Waals surface area contributed by atoms with Crippen LogP contribution in [0.1, 0.15) is 0 Å². The minimum Gasteiger partial charge on any atom is -0.370 e. The van der Waals surface area contributed by atoms with Crippen molar-refractivity contribution >= 4 is 5.96 Å². The van der Waals surface area contributed by atoms with Gasteiger partial charge in [-0.25, -0.2) is 0 Å². The Morgan fingerprint density at radius 2 is 2.30 bits per heavy atom. The largest absolute Gasteiger partial charge is 0.370 e. The van der Waals surface area contributed by atoms with Crippen molar-refractivity contribution in [3.8, 4) is 0 Å². The van der Waals surface area contributed by atoms with E-state index < -0.39 is 0 Å². The zero-order chi connectivity index (χ0) is 7.56. The van der Waals surface area contributed by atoms with Gasteiger partial charge in [0.1, 0.15) is 0 Å². The quantitative estimate of drug-likeness (QED) is 0.358. The molecule has 0 unspecified atom stereocenters. The first-order chi connectivity index (χ1) is 4.72. The predicted octanol–water partition coefficient (Wildman–Crippen LogP) is -1.17. The summed E-state index contributed by atoms with van der Waals surface area (Å²) in [6, 6.07) is 0.508. The van der Waals surface area contributed by atoms with Crippen molar-refractivity contribution in [3.63, 3.8) is 0 Å².